The Morgan fingerprint density at radius 1 is 1.40 bits per heavy atom. The third-order valence-corrected chi connectivity index (χ3v) is 2.12. The Kier molecular flexibility index (Phi) is 2.41. The Hall–Kier alpha value is -1.84. The van der Waals surface area contributed by atoms with Crippen LogP contribution in [0.25, 0.3) is 11.4 Å². The fourth-order valence-corrected chi connectivity index (χ4v) is 1.41. The standard InChI is InChI=1S/C11H11FN2O/c1-7-6-13-11(14-7)9-5-8(12)3-4-10(9)15-2/h3-6H,1-2H3,(H,13,14). The molecular formula is C11H11FN2O. The molecule has 0 amide bonds. The number of imidazole rings is 1. The molecule has 0 atom stereocenters. The average molecular weight is 206 g/mol. The summed E-state index contributed by atoms with van der Waals surface area (Å²) in [6.07, 6.45) is 1.69. The smallest absolute Gasteiger partial charge is 0.141 e. The van der Waals surface area contributed by atoms with E-state index in [4.69, 9.17) is 4.74 Å². The van der Waals surface area contributed by atoms with Crippen molar-refractivity contribution in [2.45, 2.75) is 6.92 Å². The van der Waals surface area contributed by atoms with E-state index < -0.39 is 0 Å². The number of H-pyrrole nitrogens is 1. The molecule has 0 unspecified atom stereocenters. The van der Waals surface area contributed by atoms with Gasteiger partial charge in [0.1, 0.15) is 17.4 Å². The van der Waals surface area contributed by atoms with Crippen molar-refractivity contribution in [3.05, 3.63) is 35.9 Å². The molecule has 0 aliphatic carbocycles. The summed E-state index contributed by atoms with van der Waals surface area (Å²) in [4.78, 5) is 7.17. The van der Waals surface area contributed by atoms with Crippen LogP contribution in [0.1, 0.15) is 5.69 Å². The molecule has 0 bridgehead atoms. The van der Waals surface area contributed by atoms with Gasteiger partial charge in [-0.1, -0.05) is 0 Å². The highest BCUT2D eigenvalue weighted by atomic mass is 19.1. The van der Waals surface area contributed by atoms with Gasteiger partial charge in [-0.25, -0.2) is 9.37 Å². The number of benzene rings is 1. The maximum absolute atomic E-state index is 13.1. The number of nitrogens with one attached hydrogen (secondary N) is 1. The van der Waals surface area contributed by atoms with Crippen LogP contribution in [-0.2, 0) is 0 Å². The minimum atomic E-state index is -0.306. The van der Waals surface area contributed by atoms with Crippen LogP contribution in [0.15, 0.2) is 24.4 Å². The summed E-state index contributed by atoms with van der Waals surface area (Å²) in [5, 5.41) is 0. The summed E-state index contributed by atoms with van der Waals surface area (Å²) in [7, 11) is 1.55. The lowest BCUT2D eigenvalue weighted by Gasteiger charge is -2.05. The Morgan fingerprint density at radius 2 is 2.20 bits per heavy atom. The second kappa shape index (κ2) is 3.73. The highest BCUT2D eigenvalue weighted by molar-refractivity contribution is 5.64. The molecule has 0 saturated carbocycles. The molecule has 2 aromatic rings. The highest BCUT2D eigenvalue weighted by Crippen LogP contribution is 2.28. The molecule has 0 radical (unpaired) electrons. The van der Waals surface area contributed by atoms with Gasteiger partial charge < -0.3 is 9.72 Å². The van der Waals surface area contributed by atoms with Crippen molar-refractivity contribution in [1.82, 2.24) is 9.97 Å². The van der Waals surface area contributed by atoms with Crippen molar-refractivity contribution >= 4 is 0 Å². The van der Waals surface area contributed by atoms with Gasteiger partial charge in [0.15, 0.2) is 0 Å². The third kappa shape index (κ3) is 1.83. The summed E-state index contributed by atoms with van der Waals surface area (Å²) in [5.41, 5.74) is 1.56. The number of aryl methyl sites for hydroxylation is 1. The summed E-state index contributed by atoms with van der Waals surface area (Å²) in [6, 6.07) is 4.34. The van der Waals surface area contributed by atoms with Crippen molar-refractivity contribution in [1.29, 1.82) is 0 Å². The van der Waals surface area contributed by atoms with Crippen LogP contribution in [0.4, 0.5) is 4.39 Å². The minimum absolute atomic E-state index is 0.306. The molecule has 1 heterocycles. The van der Waals surface area contributed by atoms with E-state index in [0.717, 1.165) is 5.69 Å². The average Bonchev–Trinajstić information content (AvgIpc) is 2.65. The molecule has 3 nitrogen and oxygen atoms in total. The lowest BCUT2D eigenvalue weighted by atomic mass is 10.2. The maximum Gasteiger partial charge on any atom is 0.141 e. The van der Waals surface area contributed by atoms with Crippen LogP contribution in [0.2, 0.25) is 0 Å². The molecule has 2 rings (SSSR count). The summed E-state index contributed by atoms with van der Waals surface area (Å²) < 4.78 is 18.2. The fourth-order valence-electron chi connectivity index (χ4n) is 1.41. The lowest BCUT2D eigenvalue weighted by Crippen LogP contribution is -1.90. The Morgan fingerprint density at radius 3 is 2.80 bits per heavy atom. The predicted molar refractivity (Wildman–Crippen MR) is 55.3 cm³/mol. The summed E-state index contributed by atoms with van der Waals surface area (Å²) >= 11 is 0. The number of halogens is 1. The van der Waals surface area contributed by atoms with Crippen LogP contribution < -0.4 is 4.74 Å². The molecule has 0 spiro atoms. The second-order valence-corrected chi connectivity index (χ2v) is 3.26. The number of methoxy groups -OCH3 is 1. The van der Waals surface area contributed by atoms with Gasteiger partial charge >= 0.3 is 0 Å². The van der Waals surface area contributed by atoms with Gasteiger partial charge in [0.05, 0.1) is 12.7 Å². The number of hydrogen-bond donors (Lipinski definition) is 1. The number of hydrogen-bond acceptors (Lipinski definition) is 2. The van der Waals surface area contributed by atoms with E-state index in [9.17, 15) is 4.39 Å². The second-order valence-electron chi connectivity index (χ2n) is 3.26. The van der Waals surface area contributed by atoms with E-state index in [0.29, 0.717) is 17.1 Å². The predicted octanol–water partition coefficient (Wildman–Crippen LogP) is 2.53. The molecule has 0 aliphatic rings. The van der Waals surface area contributed by atoms with Gasteiger partial charge in [-0.3, -0.25) is 0 Å². The van der Waals surface area contributed by atoms with Crippen LogP contribution in [0.3, 0.4) is 0 Å². The molecule has 0 aliphatic heterocycles. The normalized spacial score (nSPS) is 10.3. The SMILES string of the molecule is COc1ccc(F)cc1-c1ncc(C)[nH]1. The highest BCUT2D eigenvalue weighted by Gasteiger charge is 2.09. The summed E-state index contributed by atoms with van der Waals surface area (Å²) in [6.45, 7) is 1.89. The van der Waals surface area contributed by atoms with Gasteiger partial charge in [-0.15, -0.1) is 0 Å². The first-order chi connectivity index (χ1) is 7.20. The zero-order valence-corrected chi connectivity index (χ0v) is 8.54. The minimum Gasteiger partial charge on any atom is -0.496 e. The number of ether oxygens (including phenoxy) is 1. The zero-order chi connectivity index (χ0) is 10.8. The first-order valence-corrected chi connectivity index (χ1v) is 4.56. The van der Waals surface area contributed by atoms with Crippen molar-refractivity contribution in [2.75, 3.05) is 7.11 Å². The maximum atomic E-state index is 13.1. The van der Waals surface area contributed by atoms with E-state index in [2.05, 4.69) is 9.97 Å². The van der Waals surface area contributed by atoms with E-state index in [1.54, 1.807) is 19.4 Å². The molecule has 15 heavy (non-hydrogen) atoms. The number of nitrogens with zero attached hydrogens (tertiary/aromatic N) is 1. The van der Waals surface area contributed by atoms with Gasteiger partial charge in [0.25, 0.3) is 0 Å². The van der Waals surface area contributed by atoms with Gasteiger partial charge in [0, 0.05) is 11.9 Å². The molecule has 1 aromatic carbocycles. The Balaban J connectivity index is 2.55. The molecule has 1 N–H and O–H groups in total. The lowest BCUT2D eigenvalue weighted by molar-refractivity contribution is 0.415. The Labute approximate surface area is 86.9 Å². The quantitative estimate of drug-likeness (QED) is 0.819. The topological polar surface area (TPSA) is 37.9 Å². The van der Waals surface area contributed by atoms with Crippen molar-refractivity contribution < 1.29 is 9.13 Å². The van der Waals surface area contributed by atoms with Crippen LogP contribution in [-0.4, -0.2) is 17.1 Å². The largest absolute Gasteiger partial charge is 0.496 e. The first kappa shape index (κ1) is 9.71. The molecule has 0 saturated heterocycles. The molecule has 0 fully saturated rings. The van der Waals surface area contributed by atoms with E-state index in [-0.39, 0.29) is 5.82 Å². The van der Waals surface area contributed by atoms with Crippen LogP contribution in [0.5, 0.6) is 5.75 Å². The van der Waals surface area contributed by atoms with Gasteiger partial charge in [-0.2, -0.15) is 0 Å². The number of aromatic nitrogens is 2. The fraction of sp³-hybridized carbons (Fsp3) is 0.182. The van der Waals surface area contributed by atoms with Crippen LogP contribution >= 0.6 is 0 Å². The first-order valence-electron chi connectivity index (χ1n) is 4.56. The zero-order valence-electron chi connectivity index (χ0n) is 8.54. The van der Waals surface area contributed by atoms with E-state index >= 15 is 0 Å². The van der Waals surface area contributed by atoms with Crippen molar-refractivity contribution in [2.24, 2.45) is 0 Å². The molecular weight excluding hydrogens is 195 g/mol. The molecule has 1 aromatic heterocycles. The molecule has 4 heteroatoms. The van der Waals surface area contributed by atoms with Gasteiger partial charge in [0.2, 0.25) is 0 Å². The van der Waals surface area contributed by atoms with Crippen LogP contribution in [0, 0.1) is 12.7 Å². The van der Waals surface area contributed by atoms with Gasteiger partial charge in [-0.05, 0) is 25.1 Å². The third-order valence-electron chi connectivity index (χ3n) is 2.12. The number of rotatable bonds is 2. The summed E-state index contributed by atoms with van der Waals surface area (Å²) in [5.74, 6) is 0.912. The van der Waals surface area contributed by atoms with Crippen molar-refractivity contribution in [3.8, 4) is 17.1 Å². The number of aromatic amines is 1. The molecule has 78 valence electrons. The Bertz CT molecular complexity index is 479. The van der Waals surface area contributed by atoms with Crippen molar-refractivity contribution in [3.63, 3.8) is 0 Å². The van der Waals surface area contributed by atoms with E-state index in [1.165, 1.54) is 12.1 Å². The monoisotopic (exact) mass is 206 g/mol. The van der Waals surface area contributed by atoms with E-state index in [1.807, 2.05) is 6.92 Å².